The monoisotopic (exact) mass is 404 g/mol. The molecular formula is C19H17FN2O3S2. The van der Waals surface area contributed by atoms with E-state index in [-0.39, 0.29) is 28.9 Å². The van der Waals surface area contributed by atoms with Gasteiger partial charge in [-0.25, -0.2) is 12.8 Å². The molecule has 0 saturated carbocycles. The molecule has 3 rings (SSSR count). The number of benzene rings is 2. The summed E-state index contributed by atoms with van der Waals surface area (Å²) in [6, 6.07) is 15.8. The molecule has 0 unspecified atom stereocenters. The van der Waals surface area contributed by atoms with Gasteiger partial charge in [0.25, 0.3) is 10.0 Å². The van der Waals surface area contributed by atoms with Gasteiger partial charge in [0.2, 0.25) is 5.91 Å². The Labute approximate surface area is 160 Å². The van der Waals surface area contributed by atoms with Crippen LogP contribution in [0.4, 0.5) is 10.1 Å². The van der Waals surface area contributed by atoms with Crippen LogP contribution >= 0.6 is 11.3 Å². The van der Waals surface area contributed by atoms with E-state index in [1.807, 2.05) is 0 Å². The van der Waals surface area contributed by atoms with Crippen molar-refractivity contribution in [3.8, 4) is 0 Å². The van der Waals surface area contributed by atoms with E-state index in [0.717, 1.165) is 16.9 Å². The number of nitrogens with one attached hydrogen (secondary N) is 2. The Balaban J connectivity index is 1.55. The van der Waals surface area contributed by atoms with Crippen LogP contribution in [0, 0.1) is 5.82 Å². The molecule has 0 radical (unpaired) electrons. The average Bonchev–Trinajstić information content (AvgIpc) is 3.17. The third-order valence-electron chi connectivity index (χ3n) is 3.71. The molecule has 1 amide bonds. The lowest BCUT2D eigenvalue weighted by molar-refractivity contribution is -0.120. The molecule has 2 aromatic carbocycles. The number of carbonyl (C=O) groups excluding carboxylic acids is 1. The number of thiophene rings is 1. The summed E-state index contributed by atoms with van der Waals surface area (Å²) in [6.45, 7) is 0.245. The van der Waals surface area contributed by atoms with Gasteiger partial charge in [-0.15, -0.1) is 11.3 Å². The fourth-order valence-electron chi connectivity index (χ4n) is 2.41. The predicted molar refractivity (Wildman–Crippen MR) is 104 cm³/mol. The lowest BCUT2D eigenvalue weighted by Crippen LogP contribution is -2.24. The minimum Gasteiger partial charge on any atom is -0.352 e. The molecule has 0 aliphatic carbocycles. The van der Waals surface area contributed by atoms with Crippen LogP contribution in [0.1, 0.15) is 11.1 Å². The van der Waals surface area contributed by atoms with Gasteiger partial charge in [-0.05, 0) is 46.8 Å². The molecule has 8 heteroatoms. The lowest BCUT2D eigenvalue weighted by Gasteiger charge is -2.08. The van der Waals surface area contributed by atoms with Crippen molar-refractivity contribution in [1.29, 1.82) is 0 Å². The zero-order valence-electron chi connectivity index (χ0n) is 14.2. The van der Waals surface area contributed by atoms with E-state index in [2.05, 4.69) is 10.0 Å². The van der Waals surface area contributed by atoms with Crippen molar-refractivity contribution in [2.75, 3.05) is 4.72 Å². The van der Waals surface area contributed by atoms with E-state index in [9.17, 15) is 17.6 Å². The smallest absolute Gasteiger partial charge is 0.271 e. The van der Waals surface area contributed by atoms with Crippen LogP contribution in [0.5, 0.6) is 0 Å². The largest absolute Gasteiger partial charge is 0.352 e. The third kappa shape index (κ3) is 5.38. The van der Waals surface area contributed by atoms with Crippen LogP contribution in [0.15, 0.2) is 70.3 Å². The molecule has 2 N–H and O–H groups in total. The SMILES string of the molecule is O=C(Cc1ccc(NS(=O)(=O)c2cccs2)cc1)NCc1cccc(F)c1. The quantitative estimate of drug-likeness (QED) is 0.632. The fraction of sp³-hybridized carbons (Fsp3) is 0.105. The Morgan fingerprint density at radius 3 is 2.44 bits per heavy atom. The molecule has 3 aromatic rings. The molecule has 27 heavy (non-hydrogen) atoms. The number of anilines is 1. The highest BCUT2D eigenvalue weighted by Crippen LogP contribution is 2.20. The van der Waals surface area contributed by atoms with Crippen LogP contribution in [0.3, 0.4) is 0 Å². The molecule has 0 spiro atoms. The summed E-state index contributed by atoms with van der Waals surface area (Å²) in [7, 11) is -3.59. The number of rotatable bonds is 7. The van der Waals surface area contributed by atoms with Gasteiger partial charge in [-0.1, -0.05) is 30.3 Å². The summed E-state index contributed by atoms with van der Waals surface area (Å²) in [5.74, 6) is -0.548. The highest BCUT2D eigenvalue weighted by molar-refractivity contribution is 7.94. The van der Waals surface area contributed by atoms with Crippen molar-refractivity contribution in [2.24, 2.45) is 0 Å². The van der Waals surface area contributed by atoms with Crippen LogP contribution in [-0.4, -0.2) is 14.3 Å². The summed E-state index contributed by atoms with van der Waals surface area (Å²) in [5, 5.41) is 4.42. The summed E-state index contributed by atoms with van der Waals surface area (Å²) in [4.78, 5) is 12.0. The van der Waals surface area contributed by atoms with Crippen LogP contribution in [0.25, 0.3) is 0 Å². The second kappa shape index (κ2) is 8.32. The number of carbonyl (C=O) groups is 1. The van der Waals surface area contributed by atoms with Gasteiger partial charge >= 0.3 is 0 Å². The maximum absolute atomic E-state index is 13.1. The molecule has 140 valence electrons. The molecule has 0 atom stereocenters. The minimum atomic E-state index is -3.59. The highest BCUT2D eigenvalue weighted by atomic mass is 32.2. The Morgan fingerprint density at radius 2 is 1.78 bits per heavy atom. The summed E-state index contributed by atoms with van der Waals surface area (Å²) < 4.78 is 40.2. The molecular weight excluding hydrogens is 387 g/mol. The Kier molecular flexibility index (Phi) is 5.88. The van der Waals surface area contributed by atoms with E-state index in [1.54, 1.807) is 47.8 Å². The molecule has 1 aromatic heterocycles. The molecule has 1 heterocycles. The molecule has 0 fully saturated rings. The first-order chi connectivity index (χ1) is 12.9. The van der Waals surface area contributed by atoms with Crippen LogP contribution in [0.2, 0.25) is 0 Å². The fourth-order valence-corrected chi connectivity index (χ4v) is 4.46. The van der Waals surface area contributed by atoms with E-state index in [4.69, 9.17) is 0 Å². The molecule has 5 nitrogen and oxygen atoms in total. The standard InChI is InChI=1S/C19H17FN2O3S2/c20-16-4-1-3-15(11-16)13-21-18(23)12-14-6-8-17(9-7-14)22-27(24,25)19-5-2-10-26-19/h1-11,22H,12-13H2,(H,21,23). The van der Waals surface area contributed by atoms with Gasteiger partial charge in [0, 0.05) is 12.2 Å². The topological polar surface area (TPSA) is 75.3 Å². The Morgan fingerprint density at radius 1 is 1.00 bits per heavy atom. The van der Waals surface area contributed by atoms with E-state index < -0.39 is 10.0 Å². The van der Waals surface area contributed by atoms with Crippen molar-refractivity contribution in [3.63, 3.8) is 0 Å². The van der Waals surface area contributed by atoms with E-state index >= 15 is 0 Å². The number of hydrogen-bond acceptors (Lipinski definition) is 4. The number of amides is 1. The van der Waals surface area contributed by atoms with E-state index in [1.165, 1.54) is 18.2 Å². The Bertz CT molecular complexity index is 1020. The normalized spacial score (nSPS) is 11.1. The first-order valence-corrected chi connectivity index (χ1v) is 10.4. The van der Waals surface area contributed by atoms with Gasteiger partial charge in [0.05, 0.1) is 6.42 Å². The minimum absolute atomic E-state index is 0.146. The number of hydrogen-bond donors (Lipinski definition) is 2. The van der Waals surface area contributed by atoms with Crippen molar-refractivity contribution in [3.05, 3.63) is 83.0 Å². The van der Waals surface area contributed by atoms with Crippen LogP contribution in [-0.2, 0) is 27.8 Å². The van der Waals surface area contributed by atoms with Gasteiger partial charge in [-0.2, -0.15) is 0 Å². The maximum atomic E-state index is 13.1. The first-order valence-electron chi connectivity index (χ1n) is 8.09. The van der Waals surface area contributed by atoms with E-state index in [0.29, 0.717) is 11.3 Å². The average molecular weight is 404 g/mol. The van der Waals surface area contributed by atoms with Crippen molar-refractivity contribution < 1.29 is 17.6 Å². The van der Waals surface area contributed by atoms with Crippen molar-refractivity contribution in [1.82, 2.24) is 5.32 Å². The van der Waals surface area contributed by atoms with Gasteiger partial charge in [-0.3, -0.25) is 9.52 Å². The van der Waals surface area contributed by atoms with Gasteiger partial charge < -0.3 is 5.32 Å². The summed E-state index contributed by atoms with van der Waals surface area (Å²) in [5.41, 5.74) is 1.85. The van der Waals surface area contributed by atoms with Crippen molar-refractivity contribution >= 4 is 33.0 Å². The van der Waals surface area contributed by atoms with Gasteiger partial charge in [0.1, 0.15) is 10.0 Å². The zero-order valence-corrected chi connectivity index (χ0v) is 15.8. The maximum Gasteiger partial charge on any atom is 0.271 e. The second-order valence-electron chi connectivity index (χ2n) is 5.82. The highest BCUT2D eigenvalue weighted by Gasteiger charge is 2.15. The first kappa shape index (κ1) is 19.1. The van der Waals surface area contributed by atoms with Gasteiger partial charge in [0.15, 0.2) is 0 Å². The summed E-state index contributed by atoms with van der Waals surface area (Å²) >= 11 is 1.14. The number of halogens is 1. The Hall–Kier alpha value is -2.71. The summed E-state index contributed by atoms with van der Waals surface area (Å²) in [6.07, 6.45) is 0.146. The van der Waals surface area contributed by atoms with Crippen molar-refractivity contribution in [2.45, 2.75) is 17.2 Å². The van der Waals surface area contributed by atoms with Crippen LogP contribution < -0.4 is 10.0 Å². The zero-order chi connectivity index (χ0) is 19.3. The molecule has 0 aliphatic heterocycles. The second-order valence-corrected chi connectivity index (χ2v) is 8.67. The lowest BCUT2D eigenvalue weighted by atomic mass is 10.1. The third-order valence-corrected chi connectivity index (χ3v) is 6.49. The number of sulfonamides is 1. The molecule has 0 saturated heterocycles. The predicted octanol–water partition coefficient (Wildman–Crippen LogP) is 3.55. The molecule has 0 bridgehead atoms. The molecule has 0 aliphatic rings.